The van der Waals surface area contributed by atoms with Crippen LogP contribution in [0.15, 0.2) is 4.99 Å². The van der Waals surface area contributed by atoms with Crippen LogP contribution in [0.3, 0.4) is 0 Å². The molecule has 0 radical (unpaired) electrons. The van der Waals surface area contributed by atoms with E-state index in [0.29, 0.717) is 6.04 Å². The molecule has 1 N–H and O–H groups in total. The minimum absolute atomic E-state index is 0.535. The molecule has 4 heteroatoms. The Morgan fingerprint density at radius 1 is 1.16 bits per heavy atom. The maximum atomic E-state index is 4.72. The van der Waals surface area contributed by atoms with Gasteiger partial charge in [-0.15, -0.1) is 0 Å². The quantitative estimate of drug-likeness (QED) is 0.813. The Balaban J connectivity index is 1.56. The summed E-state index contributed by atoms with van der Waals surface area (Å²) in [7, 11) is 2.25. The monoisotopic (exact) mass is 262 g/mol. The third-order valence-corrected chi connectivity index (χ3v) is 5.23. The highest BCUT2D eigenvalue weighted by molar-refractivity contribution is 5.89. The van der Waals surface area contributed by atoms with Gasteiger partial charge in [0.25, 0.3) is 0 Å². The summed E-state index contributed by atoms with van der Waals surface area (Å²) in [5, 5.41) is 3.53. The molecule has 106 valence electrons. The molecular formula is C15H26N4. The van der Waals surface area contributed by atoms with Crippen LogP contribution in [0.5, 0.6) is 0 Å². The van der Waals surface area contributed by atoms with Crippen LogP contribution in [0.2, 0.25) is 0 Å². The average molecular weight is 262 g/mol. The highest BCUT2D eigenvalue weighted by atomic mass is 15.3. The molecule has 1 saturated heterocycles. The Kier molecular flexibility index (Phi) is 3.03. The third-order valence-electron chi connectivity index (χ3n) is 5.23. The highest BCUT2D eigenvalue weighted by Gasteiger charge is 2.48. The molecule has 4 rings (SSSR count). The van der Waals surface area contributed by atoms with Gasteiger partial charge >= 0.3 is 0 Å². The summed E-state index contributed by atoms with van der Waals surface area (Å²) >= 11 is 0. The van der Waals surface area contributed by atoms with Crippen LogP contribution in [-0.4, -0.2) is 67.5 Å². The summed E-state index contributed by atoms with van der Waals surface area (Å²) in [6.45, 7) is 5.63. The van der Waals surface area contributed by atoms with Crippen molar-refractivity contribution >= 4 is 5.84 Å². The maximum Gasteiger partial charge on any atom is 0.115 e. The van der Waals surface area contributed by atoms with E-state index in [9.17, 15) is 0 Å². The number of likely N-dealkylation sites (N-methyl/N-ethyl adjacent to an activating group) is 1. The van der Waals surface area contributed by atoms with Gasteiger partial charge in [-0.25, -0.2) is 0 Å². The van der Waals surface area contributed by atoms with E-state index >= 15 is 0 Å². The van der Waals surface area contributed by atoms with Gasteiger partial charge in [-0.3, -0.25) is 9.89 Å². The van der Waals surface area contributed by atoms with Gasteiger partial charge in [-0.05, 0) is 44.6 Å². The van der Waals surface area contributed by atoms with E-state index in [1.165, 1.54) is 44.6 Å². The molecule has 19 heavy (non-hydrogen) atoms. The van der Waals surface area contributed by atoms with Crippen molar-refractivity contribution < 1.29 is 0 Å². The highest BCUT2D eigenvalue weighted by Crippen LogP contribution is 2.48. The fraction of sp³-hybridized carbons (Fsp3) is 0.933. The molecule has 1 atom stereocenters. The largest absolute Gasteiger partial charge is 0.371 e. The van der Waals surface area contributed by atoms with E-state index < -0.39 is 0 Å². The molecule has 2 heterocycles. The topological polar surface area (TPSA) is 30.9 Å². The normalized spacial score (nSPS) is 33.6. The molecule has 0 spiro atoms. The zero-order chi connectivity index (χ0) is 12.8. The van der Waals surface area contributed by atoms with Crippen LogP contribution >= 0.6 is 0 Å². The Hall–Kier alpha value is -0.610. The van der Waals surface area contributed by atoms with Crippen LogP contribution < -0.4 is 5.32 Å². The predicted octanol–water partition coefficient (Wildman–Crippen LogP) is 0.793. The lowest BCUT2D eigenvalue weighted by molar-refractivity contribution is 0.0627. The molecule has 0 amide bonds. The SMILES string of the molecule is CN1CCN(C(C2CC2)C2CC2)C(C2=NCCN2)C1. The summed E-state index contributed by atoms with van der Waals surface area (Å²) in [6, 6.07) is 1.40. The van der Waals surface area contributed by atoms with Gasteiger partial charge in [-0.2, -0.15) is 0 Å². The van der Waals surface area contributed by atoms with E-state index in [1.54, 1.807) is 0 Å². The molecule has 2 aliphatic carbocycles. The zero-order valence-electron chi connectivity index (χ0n) is 12.0. The van der Waals surface area contributed by atoms with Crippen LogP contribution in [0.1, 0.15) is 25.7 Å². The van der Waals surface area contributed by atoms with E-state index in [0.717, 1.165) is 37.5 Å². The first-order chi connectivity index (χ1) is 9.33. The molecule has 4 nitrogen and oxygen atoms in total. The van der Waals surface area contributed by atoms with Gasteiger partial charge in [0.2, 0.25) is 0 Å². The fourth-order valence-electron chi connectivity index (χ4n) is 3.98. The van der Waals surface area contributed by atoms with Crippen LogP contribution in [0, 0.1) is 11.8 Å². The van der Waals surface area contributed by atoms with Crippen LogP contribution in [0.25, 0.3) is 0 Å². The van der Waals surface area contributed by atoms with Crippen molar-refractivity contribution in [3.8, 4) is 0 Å². The molecule has 0 aromatic heterocycles. The van der Waals surface area contributed by atoms with Gasteiger partial charge in [-0.1, -0.05) is 0 Å². The molecular weight excluding hydrogens is 236 g/mol. The van der Waals surface area contributed by atoms with Crippen molar-refractivity contribution in [2.75, 3.05) is 39.8 Å². The van der Waals surface area contributed by atoms with E-state index in [1.807, 2.05) is 0 Å². The number of nitrogens with zero attached hydrogens (tertiary/aromatic N) is 3. The lowest BCUT2D eigenvalue weighted by atomic mass is 10.00. The van der Waals surface area contributed by atoms with Gasteiger partial charge in [0, 0.05) is 32.2 Å². The standard InChI is InChI=1S/C15H26N4/c1-18-8-9-19(13(10-18)15-16-6-7-17-15)14(11-2-3-11)12-4-5-12/h11-14H,2-10H2,1H3,(H,16,17). The Morgan fingerprint density at radius 2 is 1.89 bits per heavy atom. The van der Waals surface area contributed by atoms with Gasteiger partial charge in [0.05, 0.1) is 12.6 Å². The lowest BCUT2D eigenvalue weighted by Crippen LogP contribution is -2.61. The second-order valence-electron chi connectivity index (χ2n) is 6.88. The summed E-state index contributed by atoms with van der Waals surface area (Å²) in [5.74, 6) is 3.28. The number of piperazine rings is 1. The molecule has 4 aliphatic rings. The Bertz CT molecular complexity index is 360. The molecule has 0 aromatic carbocycles. The fourth-order valence-corrected chi connectivity index (χ4v) is 3.98. The molecule has 1 unspecified atom stereocenters. The second kappa shape index (κ2) is 4.74. The van der Waals surface area contributed by atoms with Gasteiger partial charge in [0.15, 0.2) is 0 Å². The van der Waals surface area contributed by atoms with Crippen molar-refractivity contribution in [1.29, 1.82) is 0 Å². The van der Waals surface area contributed by atoms with Gasteiger partial charge < -0.3 is 10.2 Å². The molecule has 2 saturated carbocycles. The van der Waals surface area contributed by atoms with E-state index in [4.69, 9.17) is 4.99 Å². The number of amidine groups is 1. The summed E-state index contributed by atoms with van der Waals surface area (Å²) in [4.78, 5) is 10.0. The van der Waals surface area contributed by atoms with E-state index in [2.05, 4.69) is 22.2 Å². The van der Waals surface area contributed by atoms with Crippen molar-refractivity contribution in [2.45, 2.75) is 37.8 Å². The maximum absolute atomic E-state index is 4.72. The van der Waals surface area contributed by atoms with Gasteiger partial charge in [0.1, 0.15) is 5.84 Å². The Labute approximate surface area is 116 Å². The predicted molar refractivity (Wildman–Crippen MR) is 77.5 cm³/mol. The smallest absolute Gasteiger partial charge is 0.115 e. The minimum Gasteiger partial charge on any atom is -0.371 e. The van der Waals surface area contributed by atoms with Crippen molar-refractivity contribution in [1.82, 2.24) is 15.1 Å². The lowest BCUT2D eigenvalue weighted by Gasteiger charge is -2.44. The van der Waals surface area contributed by atoms with Crippen molar-refractivity contribution in [2.24, 2.45) is 16.8 Å². The number of rotatable bonds is 4. The first-order valence-electron chi connectivity index (χ1n) is 8.05. The molecule has 0 aromatic rings. The van der Waals surface area contributed by atoms with E-state index in [-0.39, 0.29) is 0 Å². The first kappa shape index (κ1) is 12.2. The Morgan fingerprint density at radius 3 is 2.47 bits per heavy atom. The zero-order valence-corrected chi connectivity index (χ0v) is 12.0. The van der Waals surface area contributed by atoms with Crippen LogP contribution in [0.4, 0.5) is 0 Å². The summed E-state index contributed by atoms with van der Waals surface area (Å²) < 4.78 is 0. The molecule has 2 aliphatic heterocycles. The average Bonchev–Trinajstić information content (AvgIpc) is 3.34. The number of nitrogens with one attached hydrogen (secondary N) is 1. The van der Waals surface area contributed by atoms with Crippen molar-refractivity contribution in [3.63, 3.8) is 0 Å². The summed E-state index contributed by atoms with van der Waals surface area (Å²) in [5.41, 5.74) is 0. The molecule has 0 bridgehead atoms. The second-order valence-corrected chi connectivity index (χ2v) is 6.88. The molecule has 3 fully saturated rings. The number of aliphatic imine (C=N–C) groups is 1. The number of hydrogen-bond donors (Lipinski definition) is 1. The van der Waals surface area contributed by atoms with Crippen molar-refractivity contribution in [3.05, 3.63) is 0 Å². The minimum atomic E-state index is 0.535. The third kappa shape index (κ3) is 2.40. The van der Waals surface area contributed by atoms with Crippen LogP contribution in [-0.2, 0) is 0 Å². The number of hydrogen-bond acceptors (Lipinski definition) is 4. The first-order valence-corrected chi connectivity index (χ1v) is 8.05. The summed E-state index contributed by atoms with van der Waals surface area (Å²) in [6.07, 6.45) is 5.89.